The van der Waals surface area contributed by atoms with Crippen molar-refractivity contribution in [3.05, 3.63) is 68.6 Å². The second kappa shape index (κ2) is 10.9. The molecule has 2 atom stereocenters. The van der Waals surface area contributed by atoms with Gasteiger partial charge in [-0.2, -0.15) is 23.5 Å². The predicted octanol–water partition coefficient (Wildman–Crippen LogP) is 5.10. The largest absolute Gasteiger partial charge is 0.390 e. The first-order valence-electron chi connectivity index (χ1n) is 7.55. The predicted molar refractivity (Wildman–Crippen MR) is 113 cm³/mol. The molecule has 2 unspecified atom stereocenters. The highest BCUT2D eigenvalue weighted by Crippen LogP contribution is 2.20. The van der Waals surface area contributed by atoms with E-state index >= 15 is 0 Å². The summed E-state index contributed by atoms with van der Waals surface area (Å²) < 4.78 is 2.13. The van der Waals surface area contributed by atoms with Crippen molar-refractivity contribution in [3.8, 4) is 0 Å². The van der Waals surface area contributed by atoms with Gasteiger partial charge in [-0.25, -0.2) is 0 Å². The maximum atomic E-state index is 10.1. The molecule has 0 fully saturated rings. The van der Waals surface area contributed by atoms with E-state index in [0.717, 1.165) is 20.5 Å². The molecule has 0 amide bonds. The molecule has 2 aromatic rings. The van der Waals surface area contributed by atoms with E-state index in [4.69, 9.17) is 0 Å². The molecule has 6 heteroatoms. The Morgan fingerprint density at radius 3 is 1.33 bits per heavy atom. The standard InChI is InChI=1S/C18H20Br2O2S2/c19-15-5-1-13(2-6-15)9-23-11-17(21)18(22)12-24-10-14-3-7-16(20)8-4-14/h1-8,17-18,21-22H,9-12H2. The Hall–Kier alpha value is 0.0200. The molecule has 2 aromatic carbocycles. The van der Waals surface area contributed by atoms with Crippen molar-refractivity contribution in [1.82, 2.24) is 0 Å². The van der Waals surface area contributed by atoms with Crippen molar-refractivity contribution in [3.63, 3.8) is 0 Å². The second-order valence-corrected chi connectivity index (χ2v) is 9.31. The molecule has 2 rings (SSSR count). The van der Waals surface area contributed by atoms with Gasteiger partial charge >= 0.3 is 0 Å². The van der Waals surface area contributed by atoms with Gasteiger partial charge in [0, 0.05) is 32.0 Å². The first kappa shape index (κ1) is 20.3. The number of aliphatic hydroxyl groups is 2. The minimum atomic E-state index is -0.692. The van der Waals surface area contributed by atoms with Gasteiger partial charge in [0.25, 0.3) is 0 Å². The lowest BCUT2D eigenvalue weighted by Gasteiger charge is -2.17. The molecule has 130 valence electrons. The van der Waals surface area contributed by atoms with Crippen LogP contribution in [0.3, 0.4) is 0 Å². The van der Waals surface area contributed by atoms with Crippen molar-refractivity contribution < 1.29 is 10.2 Å². The first-order valence-corrected chi connectivity index (χ1v) is 11.4. The van der Waals surface area contributed by atoms with E-state index in [-0.39, 0.29) is 0 Å². The van der Waals surface area contributed by atoms with Crippen molar-refractivity contribution in [2.75, 3.05) is 11.5 Å². The summed E-state index contributed by atoms with van der Waals surface area (Å²) in [4.78, 5) is 0. The first-order chi connectivity index (χ1) is 11.5. The minimum Gasteiger partial charge on any atom is -0.390 e. The van der Waals surface area contributed by atoms with E-state index in [0.29, 0.717) is 11.5 Å². The molecule has 0 aliphatic heterocycles. The summed E-state index contributed by atoms with van der Waals surface area (Å²) in [6, 6.07) is 16.3. The molecule has 0 spiro atoms. The normalized spacial score (nSPS) is 13.7. The molecule has 0 aliphatic carbocycles. The van der Waals surface area contributed by atoms with Gasteiger partial charge < -0.3 is 10.2 Å². The zero-order valence-corrected chi connectivity index (χ0v) is 17.9. The highest BCUT2D eigenvalue weighted by atomic mass is 79.9. The smallest absolute Gasteiger partial charge is 0.0897 e. The summed E-state index contributed by atoms with van der Waals surface area (Å²) in [5.41, 5.74) is 2.43. The van der Waals surface area contributed by atoms with E-state index in [1.165, 1.54) is 11.1 Å². The maximum absolute atomic E-state index is 10.1. The highest BCUT2D eigenvalue weighted by Gasteiger charge is 2.16. The number of benzene rings is 2. The molecule has 0 radical (unpaired) electrons. The Morgan fingerprint density at radius 2 is 1.00 bits per heavy atom. The number of hydrogen-bond donors (Lipinski definition) is 2. The molecular formula is C18H20Br2O2S2. The third-order valence-electron chi connectivity index (χ3n) is 3.39. The zero-order valence-electron chi connectivity index (χ0n) is 13.1. The van der Waals surface area contributed by atoms with Gasteiger partial charge in [-0.1, -0.05) is 56.1 Å². The van der Waals surface area contributed by atoms with E-state index in [2.05, 4.69) is 56.1 Å². The lowest BCUT2D eigenvalue weighted by atomic mass is 10.2. The lowest BCUT2D eigenvalue weighted by Crippen LogP contribution is -2.30. The van der Waals surface area contributed by atoms with Gasteiger partial charge in [-0.05, 0) is 35.4 Å². The number of rotatable bonds is 9. The molecule has 2 N–H and O–H groups in total. The fourth-order valence-corrected chi connectivity index (χ4v) is 4.53. The van der Waals surface area contributed by atoms with Crippen molar-refractivity contribution in [2.45, 2.75) is 23.7 Å². The second-order valence-electron chi connectivity index (χ2n) is 5.42. The molecule has 0 aromatic heterocycles. The Balaban J connectivity index is 1.63. The van der Waals surface area contributed by atoms with Gasteiger partial charge in [0.1, 0.15) is 0 Å². The monoisotopic (exact) mass is 490 g/mol. The van der Waals surface area contributed by atoms with Gasteiger partial charge in [0.05, 0.1) is 12.2 Å². The van der Waals surface area contributed by atoms with Gasteiger partial charge in [-0.3, -0.25) is 0 Å². The van der Waals surface area contributed by atoms with Crippen LogP contribution in [0.4, 0.5) is 0 Å². The third kappa shape index (κ3) is 7.50. The van der Waals surface area contributed by atoms with Crippen molar-refractivity contribution in [2.24, 2.45) is 0 Å². The quantitative estimate of drug-likeness (QED) is 0.511. The van der Waals surface area contributed by atoms with Gasteiger partial charge in [0.2, 0.25) is 0 Å². The third-order valence-corrected chi connectivity index (χ3v) is 6.67. The molecule has 0 saturated heterocycles. The van der Waals surface area contributed by atoms with Gasteiger partial charge in [-0.15, -0.1) is 0 Å². The summed E-state index contributed by atoms with van der Waals surface area (Å²) in [6.07, 6.45) is -1.38. The van der Waals surface area contributed by atoms with Crippen LogP contribution in [0, 0.1) is 0 Å². The maximum Gasteiger partial charge on any atom is 0.0897 e. The van der Waals surface area contributed by atoms with Crippen LogP contribution in [-0.4, -0.2) is 33.9 Å². The average Bonchev–Trinajstić information content (AvgIpc) is 2.58. The Bertz CT molecular complexity index is 550. The minimum absolute atomic E-state index is 0.538. The van der Waals surface area contributed by atoms with Crippen LogP contribution < -0.4 is 0 Å². The molecular weight excluding hydrogens is 472 g/mol. The van der Waals surface area contributed by atoms with Crippen LogP contribution in [0.15, 0.2) is 57.5 Å². The summed E-state index contributed by atoms with van der Waals surface area (Å²) in [6.45, 7) is 0. The lowest BCUT2D eigenvalue weighted by molar-refractivity contribution is 0.0500. The summed E-state index contributed by atoms with van der Waals surface area (Å²) >= 11 is 10.1. The molecule has 24 heavy (non-hydrogen) atoms. The van der Waals surface area contributed by atoms with Crippen LogP contribution in [0.1, 0.15) is 11.1 Å². The Labute approximate surface area is 168 Å². The number of thioether (sulfide) groups is 2. The summed E-state index contributed by atoms with van der Waals surface area (Å²) in [5.74, 6) is 2.75. The number of halogens is 2. The topological polar surface area (TPSA) is 40.5 Å². The Kier molecular flexibility index (Phi) is 9.22. The highest BCUT2D eigenvalue weighted by molar-refractivity contribution is 9.10. The average molecular weight is 492 g/mol. The SMILES string of the molecule is OC(CSCc1ccc(Br)cc1)C(O)CSCc1ccc(Br)cc1. The van der Waals surface area contributed by atoms with E-state index in [1.54, 1.807) is 23.5 Å². The van der Waals surface area contributed by atoms with Crippen LogP contribution >= 0.6 is 55.4 Å². The summed E-state index contributed by atoms with van der Waals surface area (Å²) in [5, 5.41) is 20.2. The molecule has 0 bridgehead atoms. The van der Waals surface area contributed by atoms with Crippen molar-refractivity contribution >= 4 is 55.4 Å². The zero-order chi connectivity index (χ0) is 17.4. The van der Waals surface area contributed by atoms with Crippen LogP contribution in [0.2, 0.25) is 0 Å². The van der Waals surface area contributed by atoms with E-state index in [1.807, 2.05) is 24.3 Å². The fraction of sp³-hybridized carbons (Fsp3) is 0.333. The van der Waals surface area contributed by atoms with E-state index < -0.39 is 12.2 Å². The Morgan fingerprint density at radius 1 is 0.667 bits per heavy atom. The molecule has 0 heterocycles. The van der Waals surface area contributed by atoms with Crippen LogP contribution in [-0.2, 0) is 11.5 Å². The molecule has 0 saturated carbocycles. The number of hydrogen-bond acceptors (Lipinski definition) is 4. The van der Waals surface area contributed by atoms with Crippen LogP contribution in [0.25, 0.3) is 0 Å². The van der Waals surface area contributed by atoms with Gasteiger partial charge in [0.15, 0.2) is 0 Å². The van der Waals surface area contributed by atoms with Crippen LogP contribution in [0.5, 0.6) is 0 Å². The van der Waals surface area contributed by atoms with Crippen molar-refractivity contribution in [1.29, 1.82) is 0 Å². The van der Waals surface area contributed by atoms with E-state index in [9.17, 15) is 10.2 Å². The molecule has 0 aliphatic rings. The summed E-state index contributed by atoms with van der Waals surface area (Å²) in [7, 11) is 0. The molecule has 2 nitrogen and oxygen atoms in total. The fourth-order valence-electron chi connectivity index (χ4n) is 1.98. The number of aliphatic hydroxyl groups excluding tert-OH is 2.